The summed E-state index contributed by atoms with van der Waals surface area (Å²) in [6.07, 6.45) is 14.0. The topological polar surface area (TPSA) is 98.2 Å². The Balaban J connectivity index is 1.28. The lowest BCUT2D eigenvalue weighted by molar-refractivity contribution is -0.121. The zero-order valence-electron chi connectivity index (χ0n) is 25.2. The molecule has 0 radical (unpaired) electrons. The first kappa shape index (κ1) is 30.9. The van der Waals surface area contributed by atoms with Crippen molar-refractivity contribution < 1.29 is 14.3 Å². The highest BCUT2D eigenvalue weighted by Gasteiger charge is 2.50. The van der Waals surface area contributed by atoms with E-state index in [1.54, 1.807) is 0 Å². The Morgan fingerprint density at radius 1 is 1.12 bits per heavy atom. The molecule has 0 spiro atoms. The average molecular weight is 596 g/mol. The summed E-state index contributed by atoms with van der Waals surface area (Å²) in [5, 5.41) is 3.53. The number of hydrazine groups is 1. The maximum atomic E-state index is 13.4. The van der Waals surface area contributed by atoms with Gasteiger partial charge in [0.25, 0.3) is 0 Å². The third-order valence-electron chi connectivity index (χ3n) is 10.9. The van der Waals surface area contributed by atoms with Gasteiger partial charge in [0, 0.05) is 36.7 Å². The predicted molar refractivity (Wildman–Crippen MR) is 164 cm³/mol. The van der Waals surface area contributed by atoms with Crippen LogP contribution in [0.15, 0.2) is 4.99 Å². The minimum atomic E-state index is -2.09. The molecule has 1 saturated heterocycles. The molecule has 5 rings (SSSR count). The molecule has 3 aliphatic carbocycles. The fourth-order valence-electron chi connectivity index (χ4n) is 8.53. The van der Waals surface area contributed by atoms with E-state index in [2.05, 4.69) is 41.1 Å². The van der Waals surface area contributed by atoms with E-state index in [-0.39, 0.29) is 35.8 Å². The number of nitrogens with one attached hydrogen (secondary N) is 3. The molecule has 0 aromatic heterocycles. The van der Waals surface area contributed by atoms with Crippen molar-refractivity contribution in [3.8, 4) is 0 Å². The molecular formula is C30H54ClN5O3Si. The predicted octanol–water partition coefficient (Wildman–Crippen LogP) is 4.53. The van der Waals surface area contributed by atoms with E-state index >= 15 is 0 Å². The number of hydrogen-bond donors (Lipinski definition) is 4. The van der Waals surface area contributed by atoms with Crippen molar-refractivity contribution in [1.29, 1.82) is 0 Å². The molecule has 8 nitrogen and oxygen atoms in total. The molecule has 2 aliphatic heterocycles. The SMILES string of the molecule is COC1CCC2C(C1)C(C1CCC(Cl)CC1)=N[C@@H](CC(=O)NCCC1CCCC([Si](C)(C)O)C1)C1NNC(C)N21. The van der Waals surface area contributed by atoms with Gasteiger partial charge in [-0.05, 0) is 95.2 Å². The summed E-state index contributed by atoms with van der Waals surface area (Å²) in [6.45, 7) is 7.09. The van der Waals surface area contributed by atoms with Crippen molar-refractivity contribution in [1.82, 2.24) is 21.1 Å². The lowest BCUT2D eigenvalue weighted by Gasteiger charge is -2.44. The Morgan fingerprint density at radius 3 is 2.62 bits per heavy atom. The zero-order valence-corrected chi connectivity index (χ0v) is 27.0. The summed E-state index contributed by atoms with van der Waals surface area (Å²) in [7, 11) is -0.250. The number of rotatable bonds is 8. The normalized spacial score (nSPS) is 41.0. The van der Waals surface area contributed by atoms with Gasteiger partial charge in [0.1, 0.15) is 0 Å². The Morgan fingerprint density at radius 2 is 1.90 bits per heavy atom. The summed E-state index contributed by atoms with van der Waals surface area (Å²) in [6, 6.07) is 0.265. The number of alkyl halides is 1. The molecule has 4 N–H and O–H groups in total. The molecule has 228 valence electrons. The van der Waals surface area contributed by atoms with Crippen molar-refractivity contribution >= 4 is 31.5 Å². The number of carbonyl (C=O) groups excluding carboxylic acids is 1. The second kappa shape index (κ2) is 13.4. The standard InChI is InChI=1S/C30H54ClN5O3Si/c1-19-34-35-30-26(18-28(37)32-15-14-20-6-5-7-24(16-20)40(3,4)38)33-29(21-8-10-22(31)11-9-21)25-17-23(39-2)12-13-27(25)36(19)30/h19-27,30,34-35,38H,5-18H2,1-4H3,(H,32,37)/t19?,20?,21?,22?,23?,24?,25?,26-,27?,30?/m0/s1. The Labute approximate surface area is 247 Å². The molecule has 1 amide bonds. The van der Waals surface area contributed by atoms with E-state index in [0.29, 0.717) is 42.3 Å². The van der Waals surface area contributed by atoms with Crippen LogP contribution >= 0.6 is 11.6 Å². The Kier molecular flexibility index (Phi) is 10.3. The number of halogens is 1. The highest BCUT2D eigenvalue weighted by molar-refractivity contribution is 6.71. The number of methoxy groups -OCH3 is 1. The Bertz CT molecular complexity index is 895. The maximum Gasteiger partial charge on any atom is 0.222 e. The summed E-state index contributed by atoms with van der Waals surface area (Å²) in [5.41, 5.74) is 8.82. The molecule has 4 fully saturated rings. The van der Waals surface area contributed by atoms with Gasteiger partial charge in [-0.1, -0.05) is 19.3 Å². The van der Waals surface area contributed by atoms with E-state index in [0.717, 1.165) is 64.2 Å². The zero-order chi connectivity index (χ0) is 28.4. The molecule has 5 aliphatic rings. The quantitative estimate of drug-likeness (QED) is 0.243. The van der Waals surface area contributed by atoms with Crippen molar-refractivity contribution in [3.05, 3.63) is 0 Å². The molecular weight excluding hydrogens is 542 g/mol. The van der Waals surface area contributed by atoms with Gasteiger partial charge in [0.2, 0.25) is 5.91 Å². The van der Waals surface area contributed by atoms with Crippen LogP contribution in [0.2, 0.25) is 18.6 Å². The van der Waals surface area contributed by atoms with Gasteiger partial charge in [-0.25, -0.2) is 10.9 Å². The number of hydrogen-bond acceptors (Lipinski definition) is 7. The fraction of sp³-hybridized carbons (Fsp3) is 0.933. The van der Waals surface area contributed by atoms with Crippen LogP contribution in [0.1, 0.15) is 90.4 Å². The monoisotopic (exact) mass is 595 g/mol. The second-order valence-corrected chi connectivity index (χ2v) is 18.7. The lowest BCUT2D eigenvalue weighted by atomic mass is 9.72. The molecule has 7 unspecified atom stereocenters. The summed E-state index contributed by atoms with van der Waals surface area (Å²) in [4.78, 5) is 32.1. The maximum absolute atomic E-state index is 13.4. The highest BCUT2D eigenvalue weighted by atomic mass is 35.5. The van der Waals surface area contributed by atoms with Crippen LogP contribution in [-0.2, 0) is 9.53 Å². The molecule has 10 heteroatoms. The van der Waals surface area contributed by atoms with Gasteiger partial charge in [0.05, 0.1) is 30.9 Å². The van der Waals surface area contributed by atoms with Crippen LogP contribution in [0.3, 0.4) is 0 Å². The van der Waals surface area contributed by atoms with E-state index in [1.807, 2.05) is 7.11 Å². The van der Waals surface area contributed by atoms with Gasteiger partial charge in [0.15, 0.2) is 8.32 Å². The smallest absolute Gasteiger partial charge is 0.222 e. The van der Waals surface area contributed by atoms with Gasteiger partial charge in [-0.3, -0.25) is 14.7 Å². The summed E-state index contributed by atoms with van der Waals surface area (Å²) in [5.74, 6) is 1.51. The number of carbonyl (C=O) groups is 1. The van der Waals surface area contributed by atoms with E-state index in [9.17, 15) is 9.59 Å². The van der Waals surface area contributed by atoms with Crippen LogP contribution in [0.25, 0.3) is 0 Å². The van der Waals surface area contributed by atoms with Crippen LogP contribution in [0, 0.1) is 17.8 Å². The third-order valence-corrected chi connectivity index (χ3v) is 13.8. The van der Waals surface area contributed by atoms with Gasteiger partial charge in [-0.2, -0.15) is 0 Å². The summed E-state index contributed by atoms with van der Waals surface area (Å²) >= 11 is 6.52. The summed E-state index contributed by atoms with van der Waals surface area (Å²) < 4.78 is 5.88. The molecule has 3 saturated carbocycles. The van der Waals surface area contributed by atoms with Crippen LogP contribution in [-0.4, -0.2) is 79.2 Å². The molecule has 0 bridgehead atoms. The highest BCUT2D eigenvalue weighted by Crippen LogP contribution is 2.42. The molecule has 0 aromatic carbocycles. The number of aliphatic imine (C=N–C) groups is 1. The minimum Gasteiger partial charge on any atom is -0.432 e. The van der Waals surface area contributed by atoms with E-state index in [4.69, 9.17) is 21.3 Å². The van der Waals surface area contributed by atoms with Gasteiger partial charge in [-0.15, -0.1) is 11.6 Å². The van der Waals surface area contributed by atoms with Crippen molar-refractivity contribution in [2.45, 2.75) is 145 Å². The molecule has 0 aromatic rings. The first-order chi connectivity index (χ1) is 19.1. The number of nitrogens with zero attached hydrogens (tertiary/aromatic N) is 2. The lowest BCUT2D eigenvalue weighted by Crippen LogP contribution is -2.55. The minimum absolute atomic E-state index is 0.00468. The number of ether oxygens (including phenoxy) is 1. The Hall–Kier alpha value is -0.553. The van der Waals surface area contributed by atoms with E-state index in [1.165, 1.54) is 18.6 Å². The first-order valence-electron chi connectivity index (χ1n) is 16.2. The van der Waals surface area contributed by atoms with Crippen molar-refractivity contribution in [2.75, 3.05) is 13.7 Å². The van der Waals surface area contributed by atoms with Crippen molar-refractivity contribution in [3.63, 3.8) is 0 Å². The third kappa shape index (κ3) is 7.14. The van der Waals surface area contributed by atoms with Crippen molar-refractivity contribution in [2.24, 2.45) is 22.7 Å². The second-order valence-electron chi connectivity index (χ2n) is 14.0. The van der Waals surface area contributed by atoms with Crippen LogP contribution < -0.4 is 16.2 Å². The van der Waals surface area contributed by atoms with Crippen LogP contribution in [0.5, 0.6) is 0 Å². The number of fused-ring (bicyclic) bond motifs is 3. The largest absolute Gasteiger partial charge is 0.432 e. The average Bonchev–Trinajstić information content (AvgIpc) is 3.25. The number of amides is 1. The molecule has 8 atom stereocenters. The van der Waals surface area contributed by atoms with Gasteiger partial charge < -0.3 is 14.8 Å². The van der Waals surface area contributed by atoms with Crippen LogP contribution in [0.4, 0.5) is 0 Å². The van der Waals surface area contributed by atoms with Gasteiger partial charge >= 0.3 is 0 Å². The fourth-order valence-corrected chi connectivity index (χ4v) is 10.6. The molecule has 40 heavy (non-hydrogen) atoms. The molecule has 2 heterocycles. The van der Waals surface area contributed by atoms with E-state index < -0.39 is 8.32 Å². The first-order valence-corrected chi connectivity index (χ1v) is 19.6.